The van der Waals surface area contributed by atoms with E-state index in [1.165, 1.54) is 6.92 Å². The van der Waals surface area contributed by atoms with Crippen molar-refractivity contribution < 1.29 is 18.0 Å². The van der Waals surface area contributed by atoms with Crippen molar-refractivity contribution in [3.8, 4) is 0 Å². The van der Waals surface area contributed by atoms with Gasteiger partial charge in [0.05, 0.1) is 12.5 Å². The number of rotatable bonds is 3. The van der Waals surface area contributed by atoms with Gasteiger partial charge in [0, 0.05) is 6.92 Å². The number of carbonyl (C=O) groups excluding carboxylic acids is 1. The number of nitrogens with one attached hydrogen (secondary N) is 1. The molecule has 0 aliphatic carbocycles. The lowest BCUT2D eigenvalue weighted by atomic mass is 10.0. The number of aryl methyl sites for hydroxylation is 1. The van der Waals surface area contributed by atoms with Gasteiger partial charge in [-0.25, -0.2) is 0 Å². The smallest absolute Gasteiger partial charge is 0.349 e. The molecule has 0 spiro atoms. The van der Waals surface area contributed by atoms with Crippen LogP contribution >= 0.6 is 0 Å². The van der Waals surface area contributed by atoms with Crippen LogP contribution in [-0.4, -0.2) is 12.1 Å². The predicted molar refractivity (Wildman–Crippen MR) is 58.4 cm³/mol. The van der Waals surface area contributed by atoms with Crippen molar-refractivity contribution in [2.45, 2.75) is 32.5 Å². The van der Waals surface area contributed by atoms with E-state index >= 15 is 0 Å². The van der Waals surface area contributed by atoms with E-state index in [-0.39, 0.29) is 0 Å². The van der Waals surface area contributed by atoms with E-state index in [1.54, 1.807) is 31.2 Å². The monoisotopic (exact) mass is 245 g/mol. The highest BCUT2D eigenvalue weighted by atomic mass is 19.4. The fourth-order valence-corrected chi connectivity index (χ4v) is 1.62. The second-order valence-corrected chi connectivity index (χ2v) is 3.99. The lowest BCUT2D eigenvalue weighted by Gasteiger charge is -2.20. The summed E-state index contributed by atoms with van der Waals surface area (Å²) in [5, 5.41) is 2.32. The van der Waals surface area contributed by atoms with E-state index in [1.807, 2.05) is 0 Å². The Morgan fingerprint density at radius 1 is 1.41 bits per heavy atom. The van der Waals surface area contributed by atoms with Crippen LogP contribution < -0.4 is 5.32 Å². The molecule has 94 valence electrons. The van der Waals surface area contributed by atoms with Gasteiger partial charge in [-0.05, 0) is 12.5 Å². The first-order valence-corrected chi connectivity index (χ1v) is 5.18. The van der Waals surface area contributed by atoms with Crippen LogP contribution in [0.4, 0.5) is 13.2 Å². The fourth-order valence-electron chi connectivity index (χ4n) is 1.62. The number of hydrogen-bond donors (Lipinski definition) is 1. The molecule has 0 aromatic heterocycles. The molecule has 0 bridgehead atoms. The van der Waals surface area contributed by atoms with E-state index in [0.717, 1.165) is 5.56 Å². The standard InChI is InChI=1S/C12H14F3NO/c1-8-4-3-5-10(6-8)11(16-9(2)17)7-12(13,14)15/h3-6,11H,7H2,1-2H3,(H,16,17)/t11-/m0/s1. The Balaban J connectivity index is 2.93. The third kappa shape index (κ3) is 4.89. The lowest BCUT2D eigenvalue weighted by molar-refractivity contribution is -0.142. The van der Waals surface area contributed by atoms with Gasteiger partial charge < -0.3 is 5.32 Å². The minimum absolute atomic E-state index is 0.470. The SMILES string of the molecule is CC(=O)N[C@@H](CC(F)(F)F)c1cccc(C)c1. The average Bonchev–Trinajstić information content (AvgIpc) is 2.13. The van der Waals surface area contributed by atoms with E-state index < -0.39 is 24.5 Å². The minimum atomic E-state index is -4.31. The third-order valence-electron chi connectivity index (χ3n) is 2.26. The Bertz CT molecular complexity index is 401. The number of benzene rings is 1. The molecule has 0 aliphatic heterocycles. The molecule has 1 aromatic carbocycles. The summed E-state index contributed by atoms with van der Waals surface area (Å²) in [7, 11) is 0. The van der Waals surface area contributed by atoms with Crippen LogP contribution in [0.5, 0.6) is 0 Å². The summed E-state index contributed by atoms with van der Waals surface area (Å²) in [6.07, 6.45) is -5.37. The van der Waals surface area contributed by atoms with Crippen LogP contribution in [0.2, 0.25) is 0 Å². The van der Waals surface area contributed by atoms with Gasteiger partial charge in [-0.2, -0.15) is 13.2 Å². The fraction of sp³-hybridized carbons (Fsp3) is 0.417. The molecule has 1 N–H and O–H groups in total. The van der Waals surface area contributed by atoms with Crippen molar-refractivity contribution in [1.29, 1.82) is 0 Å². The van der Waals surface area contributed by atoms with Gasteiger partial charge in [0.25, 0.3) is 0 Å². The van der Waals surface area contributed by atoms with E-state index in [4.69, 9.17) is 0 Å². The quantitative estimate of drug-likeness (QED) is 0.870. The Kier molecular flexibility index (Phi) is 4.15. The van der Waals surface area contributed by atoms with Crippen LogP contribution in [0.25, 0.3) is 0 Å². The van der Waals surface area contributed by atoms with Crippen LogP contribution in [0.1, 0.15) is 30.5 Å². The van der Waals surface area contributed by atoms with Crippen molar-refractivity contribution in [2.75, 3.05) is 0 Å². The Hall–Kier alpha value is -1.52. The highest BCUT2D eigenvalue weighted by Crippen LogP contribution is 2.29. The van der Waals surface area contributed by atoms with Gasteiger partial charge in [0.1, 0.15) is 0 Å². The molecule has 0 saturated carbocycles. The number of alkyl halides is 3. The molecule has 0 saturated heterocycles. The summed E-state index contributed by atoms with van der Waals surface area (Å²) >= 11 is 0. The van der Waals surface area contributed by atoms with E-state index in [2.05, 4.69) is 5.32 Å². The Morgan fingerprint density at radius 3 is 2.53 bits per heavy atom. The molecular formula is C12H14F3NO. The summed E-state index contributed by atoms with van der Waals surface area (Å²) in [5.74, 6) is -0.472. The molecule has 1 amide bonds. The van der Waals surface area contributed by atoms with Gasteiger partial charge in [0.15, 0.2) is 0 Å². The maximum atomic E-state index is 12.4. The van der Waals surface area contributed by atoms with Crippen LogP contribution in [0.15, 0.2) is 24.3 Å². The maximum Gasteiger partial charge on any atom is 0.391 e. The number of amides is 1. The van der Waals surface area contributed by atoms with E-state index in [9.17, 15) is 18.0 Å². The summed E-state index contributed by atoms with van der Waals surface area (Å²) in [5.41, 5.74) is 1.33. The van der Waals surface area contributed by atoms with Gasteiger partial charge in [-0.3, -0.25) is 4.79 Å². The first-order valence-electron chi connectivity index (χ1n) is 5.18. The number of halogens is 3. The first kappa shape index (κ1) is 13.5. The molecule has 0 aliphatic rings. The summed E-state index contributed by atoms with van der Waals surface area (Å²) in [4.78, 5) is 10.9. The van der Waals surface area contributed by atoms with Crippen LogP contribution in [0, 0.1) is 6.92 Å². The van der Waals surface area contributed by atoms with Crippen LogP contribution in [-0.2, 0) is 4.79 Å². The third-order valence-corrected chi connectivity index (χ3v) is 2.26. The maximum absolute atomic E-state index is 12.4. The van der Waals surface area contributed by atoms with Crippen LogP contribution in [0.3, 0.4) is 0 Å². The first-order chi connectivity index (χ1) is 7.78. The molecular weight excluding hydrogens is 231 g/mol. The second-order valence-electron chi connectivity index (χ2n) is 3.99. The summed E-state index contributed by atoms with van der Waals surface area (Å²) < 4.78 is 37.2. The van der Waals surface area contributed by atoms with Gasteiger partial charge in [0.2, 0.25) is 5.91 Å². The van der Waals surface area contributed by atoms with Gasteiger partial charge in [-0.15, -0.1) is 0 Å². The zero-order valence-electron chi connectivity index (χ0n) is 9.64. The highest BCUT2D eigenvalue weighted by molar-refractivity contribution is 5.73. The normalized spacial score (nSPS) is 13.2. The topological polar surface area (TPSA) is 29.1 Å². The summed E-state index contributed by atoms with van der Waals surface area (Å²) in [6.45, 7) is 3.00. The van der Waals surface area contributed by atoms with Crippen molar-refractivity contribution in [1.82, 2.24) is 5.32 Å². The predicted octanol–water partition coefficient (Wildman–Crippen LogP) is 3.12. The minimum Gasteiger partial charge on any atom is -0.349 e. The molecule has 5 heteroatoms. The molecule has 0 unspecified atom stereocenters. The van der Waals surface area contributed by atoms with Gasteiger partial charge >= 0.3 is 6.18 Å². The molecule has 17 heavy (non-hydrogen) atoms. The molecule has 0 radical (unpaired) electrons. The zero-order valence-corrected chi connectivity index (χ0v) is 9.64. The lowest BCUT2D eigenvalue weighted by Crippen LogP contribution is -2.30. The average molecular weight is 245 g/mol. The number of carbonyl (C=O) groups is 1. The van der Waals surface area contributed by atoms with Crippen molar-refractivity contribution in [3.63, 3.8) is 0 Å². The molecule has 0 fully saturated rings. The largest absolute Gasteiger partial charge is 0.391 e. The molecule has 1 aromatic rings. The Morgan fingerprint density at radius 2 is 2.06 bits per heavy atom. The van der Waals surface area contributed by atoms with Crippen molar-refractivity contribution in [3.05, 3.63) is 35.4 Å². The molecule has 2 nitrogen and oxygen atoms in total. The van der Waals surface area contributed by atoms with Crippen molar-refractivity contribution >= 4 is 5.91 Å². The number of hydrogen-bond acceptors (Lipinski definition) is 1. The molecule has 0 heterocycles. The highest BCUT2D eigenvalue weighted by Gasteiger charge is 2.33. The summed E-state index contributed by atoms with van der Waals surface area (Å²) in [6, 6.07) is 5.68. The molecule has 1 rings (SSSR count). The van der Waals surface area contributed by atoms with Crippen molar-refractivity contribution in [2.24, 2.45) is 0 Å². The Labute approximate surface area is 97.8 Å². The van der Waals surface area contributed by atoms with Gasteiger partial charge in [-0.1, -0.05) is 29.8 Å². The second kappa shape index (κ2) is 5.21. The zero-order chi connectivity index (χ0) is 13.1. The van der Waals surface area contributed by atoms with E-state index in [0.29, 0.717) is 5.56 Å². The molecule has 1 atom stereocenters.